The summed E-state index contributed by atoms with van der Waals surface area (Å²) in [6.07, 6.45) is 4.46. The normalized spacial score (nSPS) is 11.3. The molecule has 0 spiro atoms. The molecule has 126 valence electrons. The van der Waals surface area contributed by atoms with Gasteiger partial charge in [0.1, 0.15) is 11.6 Å². The first-order valence-electron chi connectivity index (χ1n) is 8.18. The number of fused-ring (bicyclic) bond motifs is 1. The minimum Gasteiger partial charge on any atom is -0.330 e. The van der Waals surface area contributed by atoms with Crippen molar-refractivity contribution in [2.45, 2.75) is 26.8 Å². The minimum atomic E-state index is -0.104. The molecule has 3 aromatic heterocycles. The van der Waals surface area contributed by atoms with Gasteiger partial charge in [-0.1, -0.05) is 18.2 Å². The van der Waals surface area contributed by atoms with Crippen molar-refractivity contribution >= 4 is 21.4 Å². The van der Waals surface area contributed by atoms with Crippen LogP contribution in [0.25, 0.3) is 21.5 Å². The van der Waals surface area contributed by atoms with Crippen LogP contribution in [0.1, 0.15) is 16.4 Å². The number of hydrogen-bond donors (Lipinski definition) is 1. The molecule has 0 atom stereocenters. The van der Waals surface area contributed by atoms with E-state index in [1.807, 2.05) is 19.3 Å². The lowest BCUT2D eigenvalue weighted by Gasteiger charge is -2.08. The van der Waals surface area contributed by atoms with Crippen LogP contribution in [0.5, 0.6) is 0 Å². The number of hydrogen-bond acceptors (Lipinski definition) is 4. The van der Waals surface area contributed by atoms with Gasteiger partial charge >= 0.3 is 0 Å². The summed E-state index contributed by atoms with van der Waals surface area (Å²) in [5, 5.41) is 1.24. The van der Waals surface area contributed by atoms with Crippen molar-refractivity contribution in [1.29, 1.82) is 0 Å². The monoisotopic (exact) mass is 350 g/mol. The third-order valence-corrected chi connectivity index (χ3v) is 5.31. The number of benzene rings is 1. The van der Waals surface area contributed by atoms with E-state index in [1.165, 1.54) is 26.6 Å². The molecule has 1 aromatic carbocycles. The van der Waals surface area contributed by atoms with Gasteiger partial charge in [0.2, 0.25) is 0 Å². The molecule has 1 N–H and O–H groups in total. The van der Waals surface area contributed by atoms with Crippen LogP contribution in [-0.2, 0) is 13.0 Å². The van der Waals surface area contributed by atoms with E-state index in [0.717, 1.165) is 11.5 Å². The van der Waals surface area contributed by atoms with Gasteiger partial charge in [0.25, 0.3) is 5.56 Å². The fourth-order valence-corrected chi connectivity index (χ4v) is 4.21. The number of aromatic nitrogens is 4. The second-order valence-electron chi connectivity index (χ2n) is 6.06. The SMILES string of the molecule is Cc1cc(=O)[nH]c(CCn2ccnc2-c2c(C)sc3ccccc23)n1. The highest BCUT2D eigenvalue weighted by Gasteiger charge is 2.15. The average molecular weight is 350 g/mol. The fraction of sp³-hybridized carbons (Fsp3) is 0.211. The fourth-order valence-electron chi connectivity index (χ4n) is 3.15. The van der Waals surface area contributed by atoms with Gasteiger partial charge < -0.3 is 9.55 Å². The second kappa shape index (κ2) is 6.29. The zero-order valence-corrected chi connectivity index (χ0v) is 14.9. The molecule has 3 heterocycles. The molecule has 0 bridgehead atoms. The van der Waals surface area contributed by atoms with Crippen molar-refractivity contribution in [3.63, 3.8) is 0 Å². The van der Waals surface area contributed by atoms with Crippen LogP contribution in [-0.4, -0.2) is 19.5 Å². The van der Waals surface area contributed by atoms with Gasteiger partial charge in [-0.2, -0.15) is 0 Å². The molecule has 4 aromatic rings. The Hall–Kier alpha value is -2.73. The smallest absolute Gasteiger partial charge is 0.251 e. The Kier molecular flexibility index (Phi) is 3.97. The number of thiophene rings is 1. The Balaban J connectivity index is 1.68. The van der Waals surface area contributed by atoms with Crippen molar-refractivity contribution < 1.29 is 0 Å². The van der Waals surface area contributed by atoms with Gasteiger partial charge in [0.15, 0.2) is 0 Å². The molecule has 0 amide bonds. The van der Waals surface area contributed by atoms with E-state index in [0.29, 0.717) is 18.8 Å². The van der Waals surface area contributed by atoms with Crippen molar-refractivity contribution in [1.82, 2.24) is 19.5 Å². The summed E-state index contributed by atoms with van der Waals surface area (Å²) in [5.74, 6) is 1.67. The van der Waals surface area contributed by atoms with Crippen LogP contribution < -0.4 is 5.56 Å². The summed E-state index contributed by atoms with van der Waals surface area (Å²) in [6, 6.07) is 9.92. The zero-order chi connectivity index (χ0) is 17.4. The van der Waals surface area contributed by atoms with Crippen LogP contribution in [0.3, 0.4) is 0 Å². The first kappa shape index (κ1) is 15.8. The number of nitrogens with zero attached hydrogens (tertiary/aromatic N) is 3. The quantitative estimate of drug-likeness (QED) is 0.610. The van der Waals surface area contributed by atoms with Crippen molar-refractivity contribution in [2.24, 2.45) is 0 Å². The second-order valence-corrected chi connectivity index (χ2v) is 7.31. The lowest BCUT2D eigenvalue weighted by molar-refractivity contribution is 0.673. The molecular formula is C19H18N4OS. The Morgan fingerprint density at radius 1 is 1.24 bits per heavy atom. The van der Waals surface area contributed by atoms with E-state index >= 15 is 0 Å². The molecule has 0 aliphatic rings. The molecular weight excluding hydrogens is 332 g/mol. The Labute approximate surface area is 149 Å². The van der Waals surface area contributed by atoms with Gasteiger partial charge in [-0.3, -0.25) is 4.79 Å². The van der Waals surface area contributed by atoms with Crippen molar-refractivity contribution in [3.8, 4) is 11.4 Å². The highest BCUT2D eigenvalue weighted by Crippen LogP contribution is 2.37. The summed E-state index contributed by atoms with van der Waals surface area (Å²) in [5.41, 5.74) is 1.83. The van der Waals surface area contributed by atoms with E-state index < -0.39 is 0 Å². The van der Waals surface area contributed by atoms with Gasteiger partial charge in [0.05, 0.1) is 0 Å². The molecule has 6 heteroatoms. The summed E-state index contributed by atoms with van der Waals surface area (Å²) in [4.78, 5) is 24.7. The summed E-state index contributed by atoms with van der Waals surface area (Å²) >= 11 is 1.79. The number of imidazole rings is 1. The lowest BCUT2D eigenvalue weighted by atomic mass is 10.1. The number of aryl methyl sites for hydroxylation is 4. The summed E-state index contributed by atoms with van der Waals surface area (Å²) in [6.45, 7) is 4.69. The predicted octanol–water partition coefficient (Wildman–Crippen LogP) is 3.71. The maximum Gasteiger partial charge on any atom is 0.251 e. The molecule has 0 radical (unpaired) electrons. The van der Waals surface area contributed by atoms with Crippen molar-refractivity contribution in [3.05, 3.63) is 69.5 Å². The highest BCUT2D eigenvalue weighted by atomic mass is 32.1. The zero-order valence-electron chi connectivity index (χ0n) is 14.1. The Morgan fingerprint density at radius 3 is 2.92 bits per heavy atom. The predicted molar refractivity (Wildman–Crippen MR) is 101 cm³/mol. The molecule has 0 saturated carbocycles. The Bertz CT molecular complexity index is 1110. The third-order valence-electron chi connectivity index (χ3n) is 4.22. The highest BCUT2D eigenvalue weighted by molar-refractivity contribution is 7.19. The molecule has 0 unspecified atom stereocenters. The van der Waals surface area contributed by atoms with E-state index in [2.05, 4.69) is 50.7 Å². The first-order valence-corrected chi connectivity index (χ1v) is 9.00. The first-order chi connectivity index (χ1) is 12.1. The van der Waals surface area contributed by atoms with Gasteiger partial charge in [0, 0.05) is 57.6 Å². The average Bonchev–Trinajstić information content (AvgIpc) is 3.14. The molecule has 25 heavy (non-hydrogen) atoms. The summed E-state index contributed by atoms with van der Waals surface area (Å²) in [7, 11) is 0. The Morgan fingerprint density at radius 2 is 2.08 bits per heavy atom. The van der Waals surface area contributed by atoms with Gasteiger partial charge in [-0.05, 0) is 19.9 Å². The van der Waals surface area contributed by atoms with Crippen molar-refractivity contribution in [2.75, 3.05) is 0 Å². The van der Waals surface area contributed by atoms with Crippen LogP contribution in [0, 0.1) is 13.8 Å². The van der Waals surface area contributed by atoms with Gasteiger partial charge in [-0.25, -0.2) is 9.97 Å². The molecule has 4 rings (SSSR count). The number of aromatic amines is 1. The number of nitrogens with one attached hydrogen (secondary N) is 1. The topological polar surface area (TPSA) is 63.6 Å². The third kappa shape index (κ3) is 3.00. The van der Waals surface area contributed by atoms with E-state index in [4.69, 9.17) is 0 Å². The molecule has 0 saturated heterocycles. The standard InChI is InChI=1S/C19H18N4OS/c1-12-11-17(24)22-16(21-12)7-9-23-10-8-20-19(23)18-13(2)25-15-6-4-3-5-14(15)18/h3-6,8,10-11H,7,9H2,1-2H3,(H,21,22,24). The van der Waals surface area contributed by atoms with Crippen LogP contribution in [0.2, 0.25) is 0 Å². The number of rotatable bonds is 4. The summed E-state index contributed by atoms with van der Waals surface area (Å²) < 4.78 is 3.40. The number of H-pyrrole nitrogens is 1. The van der Waals surface area contributed by atoms with Crippen LogP contribution >= 0.6 is 11.3 Å². The molecule has 0 aliphatic carbocycles. The molecule has 0 aliphatic heterocycles. The van der Waals surface area contributed by atoms with E-state index in [9.17, 15) is 4.79 Å². The minimum absolute atomic E-state index is 0.104. The van der Waals surface area contributed by atoms with E-state index in [-0.39, 0.29) is 5.56 Å². The van der Waals surface area contributed by atoms with Gasteiger partial charge in [-0.15, -0.1) is 11.3 Å². The molecule has 5 nitrogen and oxygen atoms in total. The van der Waals surface area contributed by atoms with Crippen LogP contribution in [0.4, 0.5) is 0 Å². The maximum absolute atomic E-state index is 11.6. The van der Waals surface area contributed by atoms with Crippen LogP contribution in [0.15, 0.2) is 47.5 Å². The lowest BCUT2D eigenvalue weighted by Crippen LogP contribution is -2.13. The maximum atomic E-state index is 11.6. The largest absolute Gasteiger partial charge is 0.330 e. The van der Waals surface area contributed by atoms with E-state index in [1.54, 1.807) is 11.3 Å². The molecule has 0 fully saturated rings.